The minimum atomic E-state index is -0.355. The summed E-state index contributed by atoms with van der Waals surface area (Å²) < 4.78 is 0.741. The molecule has 0 atom stereocenters. The Morgan fingerprint density at radius 2 is 1.71 bits per heavy atom. The molecule has 0 bridgehead atoms. The molecule has 1 fully saturated rings. The minimum absolute atomic E-state index is 0.0565. The number of amides is 3. The summed E-state index contributed by atoms with van der Waals surface area (Å²) >= 11 is 3.32. The van der Waals surface area contributed by atoms with Gasteiger partial charge < -0.3 is 10.2 Å². The highest BCUT2D eigenvalue weighted by Crippen LogP contribution is 2.29. The van der Waals surface area contributed by atoms with E-state index in [4.69, 9.17) is 0 Å². The van der Waals surface area contributed by atoms with Gasteiger partial charge in [-0.2, -0.15) is 0 Å². The average Bonchev–Trinajstić information content (AvgIpc) is 3.29. The van der Waals surface area contributed by atoms with Crippen LogP contribution in [0.5, 0.6) is 0 Å². The third-order valence-corrected chi connectivity index (χ3v) is 5.61. The second-order valence-electron chi connectivity index (χ2n) is 6.96. The zero-order chi connectivity index (χ0) is 19.7. The molecular weight excluding hydrogens is 422 g/mol. The highest BCUT2D eigenvalue weighted by molar-refractivity contribution is 9.10. The second-order valence-corrected chi connectivity index (χ2v) is 7.88. The number of anilines is 2. The molecule has 2 aliphatic rings. The minimum Gasteiger partial charge on any atom is -0.370 e. The molecule has 28 heavy (non-hydrogen) atoms. The summed E-state index contributed by atoms with van der Waals surface area (Å²) in [7, 11) is 0. The molecule has 0 aromatic heterocycles. The number of para-hydroxylation sites is 2. The highest BCUT2D eigenvalue weighted by Gasteiger charge is 2.35. The Kier molecular flexibility index (Phi) is 5.17. The van der Waals surface area contributed by atoms with Gasteiger partial charge in [-0.1, -0.05) is 28.1 Å². The van der Waals surface area contributed by atoms with Gasteiger partial charge in [-0.15, -0.1) is 0 Å². The molecule has 2 aliphatic heterocycles. The SMILES string of the molecule is O=C(CCN1C(=O)c2ccc(Br)cc2C1=O)Nc1ccccc1N1CCCC1. The lowest BCUT2D eigenvalue weighted by Gasteiger charge is -2.21. The molecule has 2 aromatic carbocycles. The normalized spacial score (nSPS) is 15.9. The van der Waals surface area contributed by atoms with Crippen LogP contribution in [0.2, 0.25) is 0 Å². The van der Waals surface area contributed by atoms with E-state index in [0.717, 1.165) is 46.7 Å². The summed E-state index contributed by atoms with van der Waals surface area (Å²) in [6, 6.07) is 12.7. The van der Waals surface area contributed by atoms with Crippen molar-refractivity contribution in [3.05, 3.63) is 58.1 Å². The largest absolute Gasteiger partial charge is 0.370 e. The fraction of sp³-hybridized carbons (Fsp3) is 0.286. The van der Waals surface area contributed by atoms with Crippen LogP contribution in [0.3, 0.4) is 0 Å². The smallest absolute Gasteiger partial charge is 0.261 e. The number of benzene rings is 2. The summed E-state index contributed by atoms with van der Waals surface area (Å²) in [5.74, 6) is -0.922. The zero-order valence-electron chi connectivity index (χ0n) is 15.3. The van der Waals surface area contributed by atoms with Gasteiger partial charge in [-0.3, -0.25) is 19.3 Å². The predicted molar refractivity (Wildman–Crippen MR) is 111 cm³/mol. The number of rotatable bonds is 5. The topological polar surface area (TPSA) is 69.7 Å². The lowest BCUT2D eigenvalue weighted by Crippen LogP contribution is -2.33. The molecule has 0 aliphatic carbocycles. The second kappa shape index (κ2) is 7.75. The Morgan fingerprint density at radius 1 is 1.00 bits per heavy atom. The number of hydrogen-bond acceptors (Lipinski definition) is 4. The van der Waals surface area contributed by atoms with Crippen molar-refractivity contribution in [1.29, 1.82) is 0 Å². The molecule has 2 aromatic rings. The van der Waals surface area contributed by atoms with E-state index >= 15 is 0 Å². The summed E-state index contributed by atoms with van der Waals surface area (Å²) in [4.78, 5) is 40.9. The molecule has 2 heterocycles. The van der Waals surface area contributed by atoms with Crippen LogP contribution >= 0.6 is 15.9 Å². The molecule has 7 heteroatoms. The Balaban J connectivity index is 1.41. The van der Waals surface area contributed by atoms with E-state index in [9.17, 15) is 14.4 Å². The Hall–Kier alpha value is -2.67. The molecular formula is C21H20BrN3O3. The van der Waals surface area contributed by atoms with Crippen LogP contribution in [-0.2, 0) is 4.79 Å². The molecule has 144 valence electrons. The Morgan fingerprint density at radius 3 is 2.50 bits per heavy atom. The first kappa shape index (κ1) is 18.7. The number of imide groups is 1. The number of carbonyl (C=O) groups excluding carboxylic acids is 3. The summed E-state index contributed by atoms with van der Waals surface area (Å²) in [5, 5.41) is 2.93. The van der Waals surface area contributed by atoms with Crippen molar-refractivity contribution in [2.75, 3.05) is 29.9 Å². The van der Waals surface area contributed by atoms with Crippen molar-refractivity contribution in [1.82, 2.24) is 4.90 Å². The van der Waals surface area contributed by atoms with Gasteiger partial charge in [0, 0.05) is 30.5 Å². The van der Waals surface area contributed by atoms with Gasteiger partial charge in [0.15, 0.2) is 0 Å². The van der Waals surface area contributed by atoms with Crippen LogP contribution in [0.1, 0.15) is 40.0 Å². The molecule has 1 N–H and O–H groups in total. The van der Waals surface area contributed by atoms with Crippen molar-refractivity contribution < 1.29 is 14.4 Å². The van der Waals surface area contributed by atoms with E-state index in [1.807, 2.05) is 24.3 Å². The van der Waals surface area contributed by atoms with Gasteiger partial charge in [0.1, 0.15) is 0 Å². The molecule has 0 radical (unpaired) electrons. The van der Waals surface area contributed by atoms with E-state index in [2.05, 4.69) is 26.1 Å². The number of hydrogen-bond donors (Lipinski definition) is 1. The average molecular weight is 442 g/mol. The predicted octanol–water partition coefficient (Wildman–Crippen LogP) is 3.67. The summed E-state index contributed by atoms with van der Waals surface area (Å²) in [6.07, 6.45) is 2.36. The highest BCUT2D eigenvalue weighted by atomic mass is 79.9. The van der Waals surface area contributed by atoms with Gasteiger partial charge in [0.25, 0.3) is 11.8 Å². The maximum Gasteiger partial charge on any atom is 0.261 e. The van der Waals surface area contributed by atoms with Crippen molar-refractivity contribution in [2.45, 2.75) is 19.3 Å². The number of nitrogens with one attached hydrogen (secondary N) is 1. The third-order valence-electron chi connectivity index (χ3n) is 5.12. The molecule has 0 unspecified atom stereocenters. The van der Waals surface area contributed by atoms with Crippen LogP contribution in [-0.4, -0.2) is 42.3 Å². The molecule has 0 saturated carbocycles. The lowest BCUT2D eigenvalue weighted by molar-refractivity contribution is -0.116. The fourth-order valence-corrected chi connectivity index (χ4v) is 4.07. The van der Waals surface area contributed by atoms with E-state index in [1.54, 1.807) is 18.2 Å². The molecule has 4 rings (SSSR count). The standard InChI is InChI=1S/C21H20BrN3O3/c22-14-7-8-15-16(13-14)21(28)25(20(15)27)12-9-19(26)23-17-5-1-2-6-18(17)24-10-3-4-11-24/h1-2,5-8,13H,3-4,9-12H2,(H,23,26). The van der Waals surface area contributed by atoms with Gasteiger partial charge in [-0.05, 0) is 43.2 Å². The number of halogens is 1. The maximum absolute atomic E-state index is 12.5. The van der Waals surface area contributed by atoms with Crippen LogP contribution < -0.4 is 10.2 Å². The van der Waals surface area contributed by atoms with Crippen LogP contribution in [0.4, 0.5) is 11.4 Å². The maximum atomic E-state index is 12.5. The third kappa shape index (κ3) is 3.54. The first-order chi connectivity index (χ1) is 13.5. The number of nitrogens with zero attached hydrogens (tertiary/aromatic N) is 2. The van der Waals surface area contributed by atoms with E-state index in [0.29, 0.717) is 11.1 Å². The monoisotopic (exact) mass is 441 g/mol. The van der Waals surface area contributed by atoms with E-state index < -0.39 is 0 Å². The van der Waals surface area contributed by atoms with Crippen molar-refractivity contribution in [2.24, 2.45) is 0 Å². The Bertz CT molecular complexity index is 954. The van der Waals surface area contributed by atoms with Crippen LogP contribution in [0.15, 0.2) is 46.9 Å². The fourth-order valence-electron chi connectivity index (χ4n) is 3.71. The first-order valence-electron chi connectivity index (χ1n) is 9.34. The Labute approximate surface area is 171 Å². The van der Waals surface area contributed by atoms with Gasteiger partial charge in [0.05, 0.1) is 22.5 Å². The number of carbonyl (C=O) groups is 3. The summed E-state index contributed by atoms with van der Waals surface area (Å²) in [5.41, 5.74) is 2.53. The van der Waals surface area contributed by atoms with E-state index in [-0.39, 0.29) is 30.7 Å². The van der Waals surface area contributed by atoms with Gasteiger partial charge in [-0.25, -0.2) is 0 Å². The van der Waals surface area contributed by atoms with Crippen molar-refractivity contribution in [3.8, 4) is 0 Å². The summed E-state index contributed by atoms with van der Waals surface area (Å²) in [6.45, 7) is 2.02. The molecule has 1 saturated heterocycles. The molecule has 0 spiro atoms. The van der Waals surface area contributed by atoms with Gasteiger partial charge in [0.2, 0.25) is 5.91 Å². The van der Waals surface area contributed by atoms with Crippen molar-refractivity contribution >= 4 is 45.0 Å². The quantitative estimate of drug-likeness (QED) is 0.718. The van der Waals surface area contributed by atoms with E-state index in [1.165, 1.54) is 0 Å². The molecule has 6 nitrogen and oxygen atoms in total. The van der Waals surface area contributed by atoms with Crippen molar-refractivity contribution in [3.63, 3.8) is 0 Å². The number of fused-ring (bicyclic) bond motifs is 1. The lowest BCUT2D eigenvalue weighted by atomic mass is 10.1. The zero-order valence-corrected chi connectivity index (χ0v) is 16.9. The van der Waals surface area contributed by atoms with Crippen LogP contribution in [0.25, 0.3) is 0 Å². The van der Waals surface area contributed by atoms with Crippen LogP contribution in [0, 0.1) is 0 Å². The molecule has 3 amide bonds. The van der Waals surface area contributed by atoms with Gasteiger partial charge >= 0.3 is 0 Å². The first-order valence-corrected chi connectivity index (χ1v) is 10.1.